The lowest BCUT2D eigenvalue weighted by molar-refractivity contribution is 0.276. The Morgan fingerprint density at radius 3 is 2.35 bits per heavy atom. The third-order valence-electron chi connectivity index (χ3n) is 4.77. The zero-order valence-electron chi connectivity index (χ0n) is 17.2. The third-order valence-corrected chi connectivity index (χ3v) is 5.70. The summed E-state index contributed by atoms with van der Waals surface area (Å²) in [5.41, 5.74) is 2.34. The summed E-state index contributed by atoms with van der Waals surface area (Å²) in [5, 5.41) is 8.46. The number of benzene rings is 3. The van der Waals surface area contributed by atoms with E-state index in [0.717, 1.165) is 11.1 Å². The molecule has 164 valence electrons. The van der Waals surface area contributed by atoms with Crippen molar-refractivity contribution >= 4 is 10.0 Å². The number of sulfonamides is 1. The molecule has 0 aliphatic rings. The summed E-state index contributed by atoms with van der Waals surface area (Å²) in [6.45, 7) is 1.29. The van der Waals surface area contributed by atoms with E-state index < -0.39 is 10.0 Å². The van der Waals surface area contributed by atoms with Gasteiger partial charge in [-0.1, -0.05) is 42.5 Å². The van der Waals surface area contributed by atoms with Crippen LogP contribution in [0, 0.1) is 5.82 Å². The molecular formula is C23H25FN2O4S. The Hall–Kier alpha value is -2.94. The fraction of sp³-hybridized carbons (Fsp3) is 0.217. The molecular weight excluding hydrogens is 419 g/mol. The normalized spacial score (nSPS) is 11.3. The van der Waals surface area contributed by atoms with Crippen molar-refractivity contribution in [3.63, 3.8) is 0 Å². The molecule has 0 saturated heterocycles. The van der Waals surface area contributed by atoms with Crippen molar-refractivity contribution in [2.24, 2.45) is 5.14 Å². The van der Waals surface area contributed by atoms with Crippen LogP contribution >= 0.6 is 0 Å². The molecule has 3 N–H and O–H groups in total. The Balaban J connectivity index is 1.60. The maximum atomic E-state index is 13.9. The van der Waals surface area contributed by atoms with Gasteiger partial charge in [0.1, 0.15) is 12.4 Å². The summed E-state index contributed by atoms with van der Waals surface area (Å²) in [4.78, 5) is 0.0947. The lowest BCUT2D eigenvalue weighted by atomic mass is 10.1. The number of nitrogens with two attached hydrogens (primary N) is 1. The van der Waals surface area contributed by atoms with Crippen LogP contribution in [0.1, 0.15) is 16.7 Å². The fourth-order valence-electron chi connectivity index (χ4n) is 3.09. The summed E-state index contributed by atoms with van der Waals surface area (Å²) >= 11 is 0. The predicted octanol–water partition coefficient (Wildman–Crippen LogP) is 3.39. The Morgan fingerprint density at radius 1 is 0.968 bits per heavy atom. The molecule has 0 aliphatic heterocycles. The molecule has 0 bridgehead atoms. The first-order valence-electron chi connectivity index (χ1n) is 9.73. The van der Waals surface area contributed by atoms with Gasteiger partial charge < -0.3 is 14.8 Å². The van der Waals surface area contributed by atoms with Gasteiger partial charge in [-0.2, -0.15) is 0 Å². The second-order valence-corrected chi connectivity index (χ2v) is 8.51. The Bertz CT molecular complexity index is 1120. The molecule has 0 fully saturated rings. The monoisotopic (exact) mass is 444 g/mol. The van der Waals surface area contributed by atoms with Gasteiger partial charge in [-0.05, 0) is 42.8 Å². The van der Waals surface area contributed by atoms with E-state index >= 15 is 0 Å². The highest BCUT2D eigenvalue weighted by molar-refractivity contribution is 7.89. The molecule has 0 atom stereocenters. The molecule has 3 rings (SSSR count). The van der Waals surface area contributed by atoms with Gasteiger partial charge in [0.05, 0.1) is 12.0 Å². The smallest absolute Gasteiger partial charge is 0.238 e. The van der Waals surface area contributed by atoms with Crippen LogP contribution in [0.25, 0.3) is 0 Å². The SMILES string of the molecule is COc1cccc(CNCCc2ccc(S(N)(=O)=O)cc2)c1OCc1ccccc1F. The Kier molecular flexibility index (Phi) is 7.62. The van der Waals surface area contributed by atoms with Gasteiger partial charge in [0.25, 0.3) is 0 Å². The first kappa shape index (κ1) is 22.7. The maximum absolute atomic E-state index is 13.9. The van der Waals surface area contributed by atoms with Gasteiger partial charge in [0, 0.05) is 17.7 Å². The minimum atomic E-state index is -3.69. The Morgan fingerprint density at radius 2 is 1.68 bits per heavy atom. The van der Waals surface area contributed by atoms with Crippen molar-refractivity contribution in [3.8, 4) is 11.5 Å². The van der Waals surface area contributed by atoms with Crippen molar-refractivity contribution in [3.05, 3.63) is 89.2 Å². The molecule has 6 nitrogen and oxygen atoms in total. The molecule has 0 radical (unpaired) electrons. The molecule has 8 heteroatoms. The number of ether oxygens (including phenoxy) is 2. The molecule has 0 heterocycles. The van der Waals surface area contributed by atoms with Gasteiger partial charge in [-0.15, -0.1) is 0 Å². The van der Waals surface area contributed by atoms with Crippen LogP contribution in [-0.4, -0.2) is 22.1 Å². The Labute approximate surface area is 181 Å². The molecule has 31 heavy (non-hydrogen) atoms. The molecule has 0 amide bonds. The number of rotatable bonds is 10. The molecule has 0 spiro atoms. The van der Waals surface area contributed by atoms with Gasteiger partial charge in [0.15, 0.2) is 11.5 Å². The lowest BCUT2D eigenvalue weighted by Gasteiger charge is -2.16. The van der Waals surface area contributed by atoms with Crippen LogP contribution in [-0.2, 0) is 29.6 Å². The second-order valence-electron chi connectivity index (χ2n) is 6.94. The first-order valence-corrected chi connectivity index (χ1v) is 11.3. The number of methoxy groups -OCH3 is 1. The lowest BCUT2D eigenvalue weighted by Crippen LogP contribution is -2.18. The van der Waals surface area contributed by atoms with E-state index in [1.54, 1.807) is 43.5 Å². The average Bonchev–Trinajstić information content (AvgIpc) is 2.76. The largest absolute Gasteiger partial charge is 0.493 e. The van der Waals surface area contributed by atoms with Crippen LogP contribution in [0.4, 0.5) is 4.39 Å². The standard InChI is InChI=1S/C23H25FN2O4S/c1-29-22-8-4-6-18(23(22)30-16-19-5-2-3-7-21(19)24)15-26-14-13-17-9-11-20(12-10-17)31(25,27)28/h2-12,26H,13-16H2,1H3,(H2,25,27,28). The van der Waals surface area contributed by atoms with E-state index in [4.69, 9.17) is 14.6 Å². The minimum Gasteiger partial charge on any atom is -0.493 e. The zero-order valence-corrected chi connectivity index (χ0v) is 18.0. The van der Waals surface area contributed by atoms with E-state index in [1.807, 2.05) is 12.1 Å². The van der Waals surface area contributed by atoms with Crippen LogP contribution in [0.5, 0.6) is 11.5 Å². The predicted molar refractivity (Wildman–Crippen MR) is 117 cm³/mol. The number of halogens is 1. The van der Waals surface area contributed by atoms with Crippen molar-refractivity contribution < 1.29 is 22.3 Å². The summed E-state index contributed by atoms with van der Waals surface area (Å²) in [7, 11) is -2.12. The van der Waals surface area contributed by atoms with Crippen molar-refractivity contribution in [2.75, 3.05) is 13.7 Å². The summed E-state index contributed by atoms with van der Waals surface area (Å²) < 4.78 is 47.9. The highest BCUT2D eigenvalue weighted by Gasteiger charge is 2.12. The van der Waals surface area contributed by atoms with Crippen LogP contribution in [0.2, 0.25) is 0 Å². The molecule has 0 aliphatic carbocycles. The summed E-state index contributed by atoms with van der Waals surface area (Å²) in [5.74, 6) is 0.831. The maximum Gasteiger partial charge on any atom is 0.238 e. The number of nitrogens with one attached hydrogen (secondary N) is 1. The number of para-hydroxylation sites is 1. The van der Waals surface area contributed by atoms with Gasteiger partial charge >= 0.3 is 0 Å². The number of primary sulfonamides is 1. The second kappa shape index (κ2) is 10.4. The average molecular weight is 445 g/mol. The van der Waals surface area contributed by atoms with Crippen LogP contribution in [0.3, 0.4) is 0 Å². The van der Waals surface area contributed by atoms with E-state index in [-0.39, 0.29) is 17.3 Å². The first-order chi connectivity index (χ1) is 14.9. The molecule has 0 saturated carbocycles. The number of hydrogen-bond acceptors (Lipinski definition) is 5. The fourth-order valence-corrected chi connectivity index (χ4v) is 3.61. The summed E-state index contributed by atoms with van der Waals surface area (Å²) in [6, 6.07) is 18.6. The van der Waals surface area contributed by atoms with E-state index in [1.165, 1.54) is 18.2 Å². The van der Waals surface area contributed by atoms with Crippen molar-refractivity contribution in [2.45, 2.75) is 24.5 Å². The van der Waals surface area contributed by atoms with Crippen molar-refractivity contribution in [1.29, 1.82) is 0 Å². The van der Waals surface area contributed by atoms with Gasteiger partial charge in [0.2, 0.25) is 10.0 Å². The summed E-state index contributed by atoms with van der Waals surface area (Å²) in [6.07, 6.45) is 0.709. The molecule has 0 aromatic heterocycles. The topological polar surface area (TPSA) is 90.6 Å². The third kappa shape index (κ3) is 6.27. The zero-order chi connectivity index (χ0) is 22.3. The highest BCUT2D eigenvalue weighted by Crippen LogP contribution is 2.32. The molecule has 3 aromatic carbocycles. The van der Waals surface area contributed by atoms with Gasteiger partial charge in [-0.3, -0.25) is 0 Å². The molecule has 3 aromatic rings. The van der Waals surface area contributed by atoms with E-state index in [2.05, 4.69) is 5.32 Å². The highest BCUT2D eigenvalue weighted by atomic mass is 32.2. The van der Waals surface area contributed by atoms with Gasteiger partial charge in [-0.25, -0.2) is 17.9 Å². The minimum absolute atomic E-state index is 0.0937. The molecule has 0 unspecified atom stereocenters. The van der Waals surface area contributed by atoms with Crippen LogP contribution < -0.4 is 19.9 Å². The van der Waals surface area contributed by atoms with E-state index in [0.29, 0.717) is 36.6 Å². The van der Waals surface area contributed by atoms with Crippen molar-refractivity contribution in [1.82, 2.24) is 5.32 Å². The van der Waals surface area contributed by atoms with Crippen LogP contribution in [0.15, 0.2) is 71.6 Å². The quantitative estimate of drug-likeness (QED) is 0.468. The van der Waals surface area contributed by atoms with E-state index in [9.17, 15) is 12.8 Å². The number of hydrogen-bond donors (Lipinski definition) is 2.